The van der Waals surface area contributed by atoms with Crippen molar-refractivity contribution in [2.24, 2.45) is 9.98 Å². The second-order valence-electron chi connectivity index (χ2n) is 3.68. The zero-order chi connectivity index (χ0) is 11.9. The van der Waals surface area contributed by atoms with Gasteiger partial charge in [-0.3, -0.25) is 9.98 Å². The SMILES string of the molecule is Cc1ccccc1N=CC=Nc1ccccc1. The molecule has 17 heavy (non-hydrogen) atoms. The van der Waals surface area contributed by atoms with Gasteiger partial charge < -0.3 is 0 Å². The maximum absolute atomic E-state index is 4.35. The van der Waals surface area contributed by atoms with Gasteiger partial charge in [-0.2, -0.15) is 0 Å². The molecule has 0 aliphatic heterocycles. The highest BCUT2D eigenvalue weighted by Gasteiger charge is 1.90. The van der Waals surface area contributed by atoms with Crippen molar-refractivity contribution in [3.63, 3.8) is 0 Å². The summed E-state index contributed by atoms with van der Waals surface area (Å²) in [6.07, 6.45) is 3.43. The van der Waals surface area contributed by atoms with E-state index in [0.29, 0.717) is 0 Å². The summed E-state index contributed by atoms with van der Waals surface area (Å²) in [5, 5.41) is 0. The Balaban J connectivity index is 2.04. The van der Waals surface area contributed by atoms with Crippen molar-refractivity contribution in [1.29, 1.82) is 0 Å². The predicted molar refractivity (Wildman–Crippen MR) is 73.9 cm³/mol. The van der Waals surface area contributed by atoms with Gasteiger partial charge in [0.2, 0.25) is 0 Å². The van der Waals surface area contributed by atoms with Gasteiger partial charge in [0.25, 0.3) is 0 Å². The van der Waals surface area contributed by atoms with E-state index in [1.54, 1.807) is 12.4 Å². The lowest BCUT2D eigenvalue weighted by atomic mass is 10.2. The van der Waals surface area contributed by atoms with Crippen molar-refractivity contribution < 1.29 is 0 Å². The third-order valence-corrected chi connectivity index (χ3v) is 2.38. The molecule has 0 aliphatic carbocycles. The summed E-state index contributed by atoms with van der Waals surface area (Å²) in [6, 6.07) is 17.8. The van der Waals surface area contributed by atoms with E-state index in [2.05, 4.69) is 9.98 Å². The molecule has 0 amide bonds. The molecule has 2 aromatic carbocycles. The summed E-state index contributed by atoms with van der Waals surface area (Å²) in [4.78, 5) is 8.62. The van der Waals surface area contributed by atoms with Crippen LogP contribution in [0.4, 0.5) is 11.4 Å². The van der Waals surface area contributed by atoms with Crippen LogP contribution in [0.5, 0.6) is 0 Å². The molecule has 0 unspecified atom stereocenters. The Bertz CT molecular complexity index is 528. The van der Waals surface area contributed by atoms with Crippen LogP contribution in [0.15, 0.2) is 64.6 Å². The first kappa shape index (κ1) is 11.3. The number of benzene rings is 2. The van der Waals surface area contributed by atoms with Crippen LogP contribution in [0.3, 0.4) is 0 Å². The fraction of sp³-hybridized carbons (Fsp3) is 0.0667. The molecule has 0 saturated carbocycles. The summed E-state index contributed by atoms with van der Waals surface area (Å²) in [5.41, 5.74) is 3.08. The topological polar surface area (TPSA) is 24.7 Å². The molecule has 0 heterocycles. The highest BCUT2D eigenvalue weighted by Crippen LogP contribution is 2.16. The van der Waals surface area contributed by atoms with Crippen molar-refractivity contribution >= 4 is 23.8 Å². The number of hydrogen-bond acceptors (Lipinski definition) is 2. The van der Waals surface area contributed by atoms with Crippen LogP contribution < -0.4 is 0 Å². The first-order valence-corrected chi connectivity index (χ1v) is 5.53. The lowest BCUT2D eigenvalue weighted by Crippen LogP contribution is -1.77. The molecule has 0 bridgehead atoms. The molecule has 2 aromatic rings. The Labute approximate surface area is 101 Å². The molecule has 0 aromatic heterocycles. The smallest absolute Gasteiger partial charge is 0.0659 e. The summed E-state index contributed by atoms with van der Waals surface area (Å²) in [5.74, 6) is 0. The molecule has 0 aliphatic rings. The minimum Gasteiger partial charge on any atom is -0.255 e. The number of hydrogen-bond donors (Lipinski definition) is 0. The maximum atomic E-state index is 4.35. The molecule has 0 atom stereocenters. The van der Waals surface area contributed by atoms with Gasteiger partial charge in [0.1, 0.15) is 0 Å². The lowest BCUT2D eigenvalue weighted by Gasteiger charge is -1.96. The third kappa shape index (κ3) is 3.38. The van der Waals surface area contributed by atoms with Crippen molar-refractivity contribution in [2.45, 2.75) is 6.92 Å². The molecule has 0 spiro atoms. The van der Waals surface area contributed by atoms with Crippen LogP contribution >= 0.6 is 0 Å². The van der Waals surface area contributed by atoms with Crippen LogP contribution in [0, 0.1) is 6.92 Å². The molecule has 0 fully saturated rings. The van der Waals surface area contributed by atoms with Gasteiger partial charge in [0.15, 0.2) is 0 Å². The van der Waals surface area contributed by atoms with E-state index in [9.17, 15) is 0 Å². The number of aryl methyl sites for hydroxylation is 1. The van der Waals surface area contributed by atoms with Crippen LogP contribution in [0.2, 0.25) is 0 Å². The average Bonchev–Trinajstić information content (AvgIpc) is 2.38. The first-order valence-electron chi connectivity index (χ1n) is 5.53. The maximum Gasteiger partial charge on any atom is 0.0659 e. The Hall–Kier alpha value is -2.22. The van der Waals surface area contributed by atoms with Gasteiger partial charge in [0, 0.05) is 12.4 Å². The second-order valence-corrected chi connectivity index (χ2v) is 3.68. The van der Waals surface area contributed by atoms with E-state index in [4.69, 9.17) is 0 Å². The van der Waals surface area contributed by atoms with E-state index < -0.39 is 0 Å². The highest BCUT2D eigenvalue weighted by atomic mass is 14.8. The Morgan fingerprint density at radius 3 is 2.18 bits per heavy atom. The van der Waals surface area contributed by atoms with Gasteiger partial charge in [-0.05, 0) is 30.7 Å². The number of nitrogens with zero attached hydrogens (tertiary/aromatic N) is 2. The van der Waals surface area contributed by atoms with Gasteiger partial charge in [-0.1, -0.05) is 36.4 Å². The summed E-state index contributed by atoms with van der Waals surface area (Å²) >= 11 is 0. The minimum atomic E-state index is 0.934. The summed E-state index contributed by atoms with van der Waals surface area (Å²) in [7, 11) is 0. The normalized spacial score (nSPS) is 11.4. The van der Waals surface area contributed by atoms with Gasteiger partial charge in [0.05, 0.1) is 11.4 Å². The molecule has 0 radical (unpaired) electrons. The highest BCUT2D eigenvalue weighted by molar-refractivity contribution is 6.17. The molecule has 2 heteroatoms. The van der Waals surface area contributed by atoms with Gasteiger partial charge in [-0.25, -0.2) is 0 Å². The molecule has 0 N–H and O–H groups in total. The Morgan fingerprint density at radius 2 is 1.41 bits per heavy atom. The predicted octanol–water partition coefficient (Wildman–Crippen LogP) is 4.10. The number of aliphatic imine (C=N–C) groups is 2. The van der Waals surface area contributed by atoms with Crippen LogP contribution in [-0.4, -0.2) is 12.4 Å². The van der Waals surface area contributed by atoms with Crippen molar-refractivity contribution in [3.8, 4) is 0 Å². The molecule has 2 rings (SSSR count). The monoisotopic (exact) mass is 222 g/mol. The number of para-hydroxylation sites is 2. The average molecular weight is 222 g/mol. The van der Waals surface area contributed by atoms with E-state index in [0.717, 1.165) is 16.9 Å². The van der Waals surface area contributed by atoms with Gasteiger partial charge >= 0.3 is 0 Å². The molecular weight excluding hydrogens is 208 g/mol. The second kappa shape index (κ2) is 5.75. The van der Waals surface area contributed by atoms with E-state index in [-0.39, 0.29) is 0 Å². The quantitative estimate of drug-likeness (QED) is 0.698. The minimum absolute atomic E-state index is 0.934. The molecule has 0 saturated heterocycles. The summed E-state index contributed by atoms with van der Waals surface area (Å²) < 4.78 is 0. The molecule has 2 nitrogen and oxygen atoms in total. The van der Waals surface area contributed by atoms with E-state index >= 15 is 0 Å². The largest absolute Gasteiger partial charge is 0.255 e. The first-order chi connectivity index (χ1) is 8.36. The zero-order valence-electron chi connectivity index (χ0n) is 9.75. The Morgan fingerprint density at radius 1 is 0.765 bits per heavy atom. The lowest BCUT2D eigenvalue weighted by molar-refractivity contribution is 1.41. The summed E-state index contributed by atoms with van der Waals surface area (Å²) in [6.45, 7) is 2.04. The standard InChI is InChI=1S/C15H14N2/c1-13-7-5-6-10-15(13)17-12-11-16-14-8-3-2-4-9-14/h2-12H,1H3. The Kier molecular flexibility index (Phi) is 3.81. The molecular formula is C15H14N2. The fourth-order valence-electron chi connectivity index (χ4n) is 1.46. The number of rotatable bonds is 3. The van der Waals surface area contributed by atoms with Crippen LogP contribution in [-0.2, 0) is 0 Å². The molecule has 84 valence electrons. The van der Waals surface area contributed by atoms with Crippen LogP contribution in [0.1, 0.15) is 5.56 Å². The third-order valence-electron chi connectivity index (χ3n) is 2.38. The van der Waals surface area contributed by atoms with Crippen molar-refractivity contribution in [1.82, 2.24) is 0 Å². The van der Waals surface area contributed by atoms with E-state index in [1.165, 1.54) is 0 Å². The van der Waals surface area contributed by atoms with Crippen molar-refractivity contribution in [2.75, 3.05) is 0 Å². The van der Waals surface area contributed by atoms with Crippen molar-refractivity contribution in [3.05, 3.63) is 60.2 Å². The fourth-order valence-corrected chi connectivity index (χ4v) is 1.46. The van der Waals surface area contributed by atoms with Gasteiger partial charge in [-0.15, -0.1) is 0 Å². The van der Waals surface area contributed by atoms with Crippen LogP contribution in [0.25, 0.3) is 0 Å². The zero-order valence-corrected chi connectivity index (χ0v) is 9.75. The van der Waals surface area contributed by atoms with E-state index in [1.807, 2.05) is 61.5 Å².